The van der Waals surface area contributed by atoms with Crippen LogP contribution in [0.1, 0.15) is 73.0 Å². The van der Waals surface area contributed by atoms with Crippen LogP contribution in [-0.4, -0.2) is 32.2 Å². The Morgan fingerprint density at radius 3 is 1.97 bits per heavy atom. The number of hydrogen-bond acceptors (Lipinski definition) is 9. The zero-order chi connectivity index (χ0) is 25.0. The fourth-order valence-electron chi connectivity index (χ4n) is 3.22. The molecule has 35 heavy (non-hydrogen) atoms. The summed E-state index contributed by atoms with van der Waals surface area (Å²) in [5, 5.41) is 7.97. The van der Waals surface area contributed by atoms with Gasteiger partial charge in [0.25, 0.3) is 0 Å². The molecule has 9 heteroatoms. The number of unbranched alkanes of at least 4 members (excludes halogenated alkanes) is 1. The summed E-state index contributed by atoms with van der Waals surface area (Å²) in [5.41, 5.74) is 1.24. The molecule has 0 aliphatic rings. The molecular formula is C26H26N4O5. The second-order valence-corrected chi connectivity index (χ2v) is 9.13. The van der Waals surface area contributed by atoms with Crippen molar-refractivity contribution in [3.63, 3.8) is 0 Å². The number of aryl methyl sites for hydroxylation is 1. The third-order valence-corrected chi connectivity index (χ3v) is 5.18. The molecule has 2 aromatic carbocycles. The van der Waals surface area contributed by atoms with Gasteiger partial charge in [-0.15, -0.1) is 0 Å². The van der Waals surface area contributed by atoms with Gasteiger partial charge in [0.2, 0.25) is 23.4 Å². The SMILES string of the molecule is CCCCc1nc(-c2cccc(C(=O)OC(=O)c3cccc(-c4noc(C(C)(C)C)n4)c3)c2)no1. The second kappa shape index (κ2) is 10.0. The van der Waals surface area contributed by atoms with E-state index in [0.29, 0.717) is 41.0 Å². The van der Waals surface area contributed by atoms with Gasteiger partial charge in [0.15, 0.2) is 0 Å². The average Bonchev–Trinajstić information content (AvgIpc) is 3.53. The summed E-state index contributed by atoms with van der Waals surface area (Å²) in [5.74, 6) is 0.173. The van der Waals surface area contributed by atoms with E-state index in [4.69, 9.17) is 13.8 Å². The van der Waals surface area contributed by atoms with Gasteiger partial charge in [-0.3, -0.25) is 0 Å². The number of carbonyl (C=O) groups excluding carboxylic acids is 2. The van der Waals surface area contributed by atoms with Gasteiger partial charge in [-0.25, -0.2) is 9.59 Å². The van der Waals surface area contributed by atoms with Crippen molar-refractivity contribution in [2.24, 2.45) is 0 Å². The first-order valence-corrected chi connectivity index (χ1v) is 11.4. The minimum absolute atomic E-state index is 0.188. The normalized spacial score (nSPS) is 11.4. The highest BCUT2D eigenvalue weighted by atomic mass is 16.6. The number of rotatable bonds is 7. The molecule has 2 heterocycles. The van der Waals surface area contributed by atoms with E-state index in [2.05, 4.69) is 27.2 Å². The highest BCUT2D eigenvalue weighted by Gasteiger charge is 2.23. The highest BCUT2D eigenvalue weighted by molar-refractivity contribution is 6.03. The number of hydrogen-bond donors (Lipinski definition) is 0. The van der Waals surface area contributed by atoms with E-state index in [-0.39, 0.29) is 16.5 Å². The number of ether oxygens (including phenoxy) is 1. The van der Waals surface area contributed by atoms with E-state index in [1.807, 2.05) is 20.8 Å². The fraction of sp³-hybridized carbons (Fsp3) is 0.308. The van der Waals surface area contributed by atoms with Gasteiger partial charge in [-0.2, -0.15) is 9.97 Å². The van der Waals surface area contributed by atoms with E-state index in [0.717, 1.165) is 12.8 Å². The zero-order valence-corrected chi connectivity index (χ0v) is 20.1. The Morgan fingerprint density at radius 1 is 0.857 bits per heavy atom. The first-order chi connectivity index (χ1) is 16.7. The van der Waals surface area contributed by atoms with Gasteiger partial charge in [0.1, 0.15) is 0 Å². The molecule has 0 radical (unpaired) electrons. The molecule has 0 aliphatic carbocycles. The molecule has 0 saturated heterocycles. The molecule has 0 spiro atoms. The Morgan fingerprint density at radius 2 is 1.43 bits per heavy atom. The van der Waals surface area contributed by atoms with Crippen molar-refractivity contribution in [2.75, 3.05) is 0 Å². The number of nitrogens with zero attached hydrogens (tertiary/aromatic N) is 4. The second-order valence-electron chi connectivity index (χ2n) is 9.13. The molecule has 180 valence electrons. The molecule has 0 amide bonds. The molecule has 2 aromatic heterocycles. The van der Waals surface area contributed by atoms with E-state index in [1.165, 1.54) is 0 Å². The quantitative estimate of drug-likeness (QED) is 0.255. The molecule has 9 nitrogen and oxygen atoms in total. The molecule has 0 bridgehead atoms. The summed E-state index contributed by atoms with van der Waals surface area (Å²) in [7, 11) is 0. The van der Waals surface area contributed by atoms with Crippen molar-refractivity contribution in [1.29, 1.82) is 0 Å². The minimum Gasteiger partial charge on any atom is -0.386 e. The summed E-state index contributed by atoms with van der Waals surface area (Å²) in [6.07, 6.45) is 2.66. The molecule has 0 fully saturated rings. The summed E-state index contributed by atoms with van der Waals surface area (Å²) in [6, 6.07) is 13.1. The van der Waals surface area contributed by atoms with Crippen LogP contribution in [0.15, 0.2) is 57.6 Å². The van der Waals surface area contributed by atoms with Crippen molar-refractivity contribution in [2.45, 2.75) is 52.4 Å². The molecule has 0 atom stereocenters. The van der Waals surface area contributed by atoms with E-state index in [9.17, 15) is 9.59 Å². The molecule has 0 aliphatic heterocycles. The Balaban J connectivity index is 1.48. The molecule has 4 aromatic rings. The maximum absolute atomic E-state index is 12.7. The third-order valence-electron chi connectivity index (χ3n) is 5.18. The van der Waals surface area contributed by atoms with Crippen LogP contribution in [0.25, 0.3) is 22.8 Å². The van der Waals surface area contributed by atoms with Gasteiger partial charge in [0, 0.05) is 23.0 Å². The molecule has 4 rings (SSSR count). The summed E-state index contributed by atoms with van der Waals surface area (Å²) >= 11 is 0. The van der Waals surface area contributed by atoms with Gasteiger partial charge < -0.3 is 13.8 Å². The van der Waals surface area contributed by atoms with Crippen LogP contribution >= 0.6 is 0 Å². The molecule has 0 saturated carbocycles. The van der Waals surface area contributed by atoms with Crippen molar-refractivity contribution < 1.29 is 23.4 Å². The number of carbonyl (C=O) groups is 2. The van der Waals surface area contributed by atoms with Crippen LogP contribution in [0.4, 0.5) is 0 Å². The predicted molar refractivity (Wildman–Crippen MR) is 127 cm³/mol. The first kappa shape index (κ1) is 24.0. The first-order valence-electron chi connectivity index (χ1n) is 11.4. The smallest absolute Gasteiger partial charge is 0.346 e. The number of aromatic nitrogens is 4. The standard InChI is InChI=1S/C26H26N4O5/c1-5-6-13-20-27-21(29-34-20)16-9-7-11-18(14-16)23(31)33-24(32)19-12-8-10-17(15-19)22-28-25(35-30-22)26(2,3)4/h7-12,14-15H,5-6,13H2,1-4H3. The van der Waals surface area contributed by atoms with Crippen molar-refractivity contribution in [3.05, 3.63) is 71.4 Å². The zero-order valence-electron chi connectivity index (χ0n) is 20.1. The Labute approximate surface area is 202 Å². The van der Waals surface area contributed by atoms with Crippen LogP contribution in [0.5, 0.6) is 0 Å². The molecule has 0 N–H and O–H groups in total. The van der Waals surface area contributed by atoms with Crippen LogP contribution in [0, 0.1) is 0 Å². The lowest BCUT2D eigenvalue weighted by Gasteiger charge is -2.10. The topological polar surface area (TPSA) is 121 Å². The van der Waals surface area contributed by atoms with Crippen molar-refractivity contribution in [3.8, 4) is 22.8 Å². The maximum Gasteiger partial charge on any atom is 0.346 e. The Kier molecular flexibility index (Phi) is 6.86. The lowest BCUT2D eigenvalue weighted by molar-refractivity contribution is 0.0398. The van der Waals surface area contributed by atoms with Crippen LogP contribution in [-0.2, 0) is 16.6 Å². The number of esters is 2. The molecule has 0 unspecified atom stereocenters. The summed E-state index contributed by atoms with van der Waals surface area (Å²) in [4.78, 5) is 34.1. The van der Waals surface area contributed by atoms with Gasteiger partial charge >= 0.3 is 11.9 Å². The van der Waals surface area contributed by atoms with Gasteiger partial charge in [-0.1, -0.05) is 68.7 Å². The monoisotopic (exact) mass is 474 g/mol. The van der Waals surface area contributed by atoms with Gasteiger partial charge in [-0.05, 0) is 30.7 Å². The lowest BCUT2D eigenvalue weighted by Crippen LogP contribution is -2.13. The Bertz CT molecular complexity index is 1350. The van der Waals surface area contributed by atoms with E-state index < -0.39 is 11.9 Å². The van der Waals surface area contributed by atoms with Gasteiger partial charge in [0.05, 0.1) is 11.1 Å². The van der Waals surface area contributed by atoms with E-state index >= 15 is 0 Å². The summed E-state index contributed by atoms with van der Waals surface area (Å²) < 4.78 is 15.7. The highest BCUT2D eigenvalue weighted by Crippen LogP contribution is 2.25. The Hall–Kier alpha value is -4.14. The number of benzene rings is 2. The third kappa shape index (κ3) is 5.68. The van der Waals surface area contributed by atoms with Crippen molar-refractivity contribution in [1.82, 2.24) is 20.3 Å². The van der Waals surface area contributed by atoms with Crippen LogP contribution < -0.4 is 0 Å². The van der Waals surface area contributed by atoms with Crippen LogP contribution in [0.2, 0.25) is 0 Å². The predicted octanol–water partition coefficient (Wildman–Crippen LogP) is 5.42. The maximum atomic E-state index is 12.7. The lowest BCUT2D eigenvalue weighted by atomic mass is 9.97. The minimum atomic E-state index is -0.789. The van der Waals surface area contributed by atoms with Crippen LogP contribution in [0.3, 0.4) is 0 Å². The largest absolute Gasteiger partial charge is 0.386 e. The van der Waals surface area contributed by atoms with Crippen molar-refractivity contribution >= 4 is 11.9 Å². The molecular weight excluding hydrogens is 448 g/mol. The summed E-state index contributed by atoms with van der Waals surface area (Å²) in [6.45, 7) is 7.96. The fourth-order valence-corrected chi connectivity index (χ4v) is 3.22. The van der Waals surface area contributed by atoms with E-state index in [1.54, 1.807) is 48.5 Å². The average molecular weight is 475 g/mol.